The molecule has 1 rings (SSSR count). The molecule has 0 radical (unpaired) electrons. The van der Waals surface area contributed by atoms with Crippen LogP contribution < -0.4 is 10.6 Å². The molecule has 0 aliphatic carbocycles. The van der Waals surface area contributed by atoms with Crippen molar-refractivity contribution in [3.8, 4) is 0 Å². The highest BCUT2D eigenvalue weighted by Crippen LogP contribution is 2.10. The van der Waals surface area contributed by atoms with Crippen LogP contribution in [0.5, 0.6) is 0 Å². The molecule has 1 aliphatic rings. The van der Waals surface area contributed by atoms with Crippen molar-refractivity contribution >= 4 is 35.8 Å². The first-order chi connectivity index (χ1) is 10.2. The third kappa shape index (κ3) is 8.17. The minimum atomic E-state index is 0. The van der Waals surface area contributed by atoms with E-state index in [2.05, 4.69) is 15.6 Å². The fourth-order valence-corrected chi connectivity index (χ4v) is 2.40. The molecule has 1 saturated heterocycles. The van der Waals surface area contributed by atoms with E-state index in [9.17, 15) is 4.79 Å². The maximum Gasteiger partial charge on any atom is 0.222 e. The normalized spacial score (nSPS) is 18.0. The van der Waals surface area contributed by atoms with E-state index in [0.717, 1.165) is 58.1 Å². The molecule has 0 spiro atoms. The minimum absolute atomic E-state index is 0. The molecule has 1 atom stereocenters. The smallest absolute Gasteiger partial charge is 0.222 e. The quantitative estimate of drug-likeness (QED) is 0.268. The molecule has 6 nitrogen and oxygen atoms in total. The second kappa shape index (κ2) is 12.9. The van der Waals surface area contributed by atoms with Crippen LogP contribution in [0.1, 0.15) is 39.5 Å². The van der Waals surface area contributed by atoms with E-state index in [4.69, 9.17) is 4.74 Å². The zero-order valence-corrected chi connectivity index (χ0v) is 16.4. The Bertz CT molecular complexity index is 340. The number of nitrogens with one attached hydrogen (secondary N) is 2. The largest absolute Gasteiger partial charge is 0.382 e. The lowest BCUT2D eigenvalue weighted by atomic mass is 10.3. The van der Waals surface area contributed by atoms with E-state index < -0.39 is 0 Å². The van der Waals surface area contributed by atoms with E-state index >= 15 is 0 Å². The number of hydrogen-bond acceptors (Lipinski definition) is 3. The van der Waals surface area contributed by atoms with Crippen molar-refractivity contribution in [2.45, 2.75) is 45.6 Å². The number of halogens is 1. The molecule has 7 heteroatoms. The van der Waals surface area contributed by atoms with Gasteiger partial charge < -0.3 is 20.3 Å². The highest BCUT2D eigenvalue weighted by Gasteiger charge is 2.25. The lowest BCUT2D eigenvalue weighted by molar-refractivity contribution is -0.129. The topological polar surface area (TPSA) is 66.0 Å². The zero-order chi connectivity index (χ0) is 15.5. The number of amides is 1. The van der Waals surface area contributed by atoms with Crippen molar-refractivity contribution in [1.82, 2.24) is 15.5 Å². The van der Waals surface area contributed by atoms with Crippen LogP contribution in [0.3, 0.4) is 0 Å². The third-order valence-corrected chi connectivity index (χ3v) is 3.62. The van der Waals surface area contributed by atoms with Crippen molar-refractivity contribution < 1.29 is 9.53 Å². The minimum Gasteiger partial charge on any atom is -0.382 e. The van der Waals surface area contributed by atoms with Crippen molar-refractivity contribution in [1.29, 1.82) is 0 Å². The predicted molar refractivity (Wildman–Crippen MR) is 101 cm³/mol. The van der Waals surface area contributed by atoms with Gasteiger partial charge >= 0.3 is 0 Å². The number of aliphatic imine (C=N–C) groups is 1. The van der Waals surface area contributed by atoms with E-state index in [1.54, 1.807) is 7.05 Å². The number of rotatable bonds is 8. The summed E-state index contributed by atoms with van der Waals surface area (Å²) in [6, 6.07) is 0.301. The molecule has 1 unspecified atom stereocenters. The van der Waals surface area contributed by atoms with Gasteiger partial charge in [-0.1, -0.05) is 6.92 Å². The molecule has 0 bridgehead atoms. The van der Waals surface area contributed by atoms with Gasteiger partial charge in [-0.3, -0.25) is 9.79 Å². The Hall–Kier alpha value is -0.570. The average Bonchev–Trinajstić information content (AvgIpc) is 2.97. The van der Waals surface area contributed by atoms with Crippen molar-refractivity contribution in [3.63, 3.8) is 0 Å². The Morgan fingerprint density at radius 1 is 1.36 bits per heavy atom. The Balaban J connectivity index is 0.00000441. The number of carbonyl (C=O) groups excluding carboxylic acids is 1. The highest BCUT2D eigenvalue weighted by molar-refractivity contribution is 14.0. The second-order valence-electron chi connectivity index (χ2n) is 5.23. The lowest BCUT2D eigenvalue weighted by Crippen LogP contribution is -2.45. The van der Waals surface area contributed by atoms with Crippen LogP contribution in [0.25, 0.3) is 0 Å². The Morgan fingerprint density at radius 3 is 2.77 bits per heavy atom. The molecular weight excluding hydrogens is 395 g/mol. The fraction of sp³-hybridized carbons (Fsp3) is 0.867. The summed E-state index contributed by atoms with van der Waals surface area (Å²) in [5.41, 5.74) is 0. The number of hydrogen-bond donors (Lipinski definition) is 2. The van der Waals surface area contributed by atoms with Crippen LogP contribution in [0.15, 0.2) is 4.99 Å². The van der Waals surface area contributed by atoms with Crippen molar-refractivity contribution in [2.75, 3.05) is 39.9 Å². The SMILES string of the molecule is CCOCCCCNC(=NC)NC1CCN(C(=O)CC)C1.I. The number of likely N-dealkylation sites (tertiary alicyclic amines) is 1. The first-order valence-corrected chi connectivity index (χ1v) is 8.03. The molecule has 130 valence electrons. The molecule has 2 N–H and O–H groups in total. The number of unbranched alkanes of at least 4 members (excludes halogenated alkanes) is 1. The number of carbonyl (C=O) groups is 1. The van der Waals surface area contributed by atoms with Gasteiger partial charge in [-0.05, 0) is 26.2 Å². The molecular formula is C15H31IN4O2. The molecule has 1 heterocycles. The van der Waals surface area contributed by atoms with Crippen molar-refractivity contribution in [3.05, 3.63) is 0 Å². The summed E-state index contributed by atoms with van der Waals surface area (Å²) in [4.78, 5) is 17.8. The van der Waals surface area contributed by atoms with Gasteiger partial charge in [0.05, 0.1) is 0 Å². The molecule has 1 amide bonds. The number of nitrogens with zero attached hydrogens (tertiary/aromatic N) is 2. The summed E-state index contributed by atoms with van der Waals surface area (Å²) in [7, 11) is 1.78. The van der Waals surface area contributed by atoms with Gasteiger partial charge in [0.2, 0.25) is 5.91 Å². The summed E-state index contributed by atoms with van der Waals surface area (Å²) in [5, 5.41) is 6.70. The van der Waals surface area contributed by atoms with Crippen LogP contribution in [-0.4, -0.2) is 62.7 Å². The lowest BCUT2D eigenvalue weighted by Gasteiger charge is -2.18. The first-order valence-electron chi connectivity index (χ1n) is 8.03. The van der Waals surface area contributed by atoms with Crippen LogP contribution >= 0.6 is 24.0 Å². The van der Waals surface area contributed by atoms with E-state index in [1.165, 1.54) is 0 Å². The Labute approximate surface area is 151 Å². The number of ether oxygens (including phenoxy) is 1. The molecule has 1 fully saturated rings. The summed E-state index contributed by atoms with van der Waals surface area (Å²) in [6.45, 7) is 8.03. The average molecular weight is 426 g/mol. The standard InChI is InChI=1S/C15H30N4O2.HI/c1-4-14(20)19-10-8-13(12-19)18-15(16-3)17-9-6-7-11-21-5-2;/h13H,4-12H2,1-3H3,(H2,16,17,18);1H. The van der Waals surface area contributed by atoms with E-state index in [1.807, 2.05) is 18.7 Å². The maximum atomic E-state index is 11.7. The second-order valence-corrected chi connectivity index (χ2v) is 5.23. The van der Waals surface area contributed by atoms with Gasteiger partial charge in [0.1, 0.15) is 0 Å². The van der Waals surface area contributed by atoms with E-state index in [0.29, 0.717) is 12.5 Å². The molecule has 0 aromatic carbocycles. The van der Waals surface area contributed by atoms with Gasteiger partial charge in [-0.25, -0.2) is 0 Å². The Kier molecular flexibility index (Phi) is 12.6. The summed E-state index contributed by atoms with van der Waals surface area (Å²) in [5.74, 6) is 1.06. The predicted octanol–water partition coefficient (Wildman–Crippen LogP) is 1.60. The molecule has 0 aromatic heterocycles. The maximum absolute atomic E-state index is 11.7. The van der Waals surface area contributed by atoms with Gasteiger partial charge in [-0.2, -0.15) is 0 Å². The fourth-order valence-electron chi connectivity index (χ4n) is 2.40. The van der Waals surface area contributed by atoms with Gasteiger partial charge in [-0.15, -0.1) is 24.0 Å². The van der Waals surface area contributed by atoms with Crippen LogP contribution in [0, 0.1) is 0 Å². The van der Waals surface area contributed by atoms with Crippen LogP contribution in [-0.2, 0) is 9.53 Å². The molecule has 0 aromatic rings. The zero-order valence-electron chi connectivity index (χ0n) is 14.1. The first kappa shape index (κ1) is 21.4. The third-order valence-electron chi connectivity index (χ3n) is 3.62. The summed E-state index contributed by atoms with van der Waals surface area (Å²) in [6.07, 6.45) is 3.68. The Morgan fingerprint density at radius 2 is 2.14 bits per heavy atom. The molecule has 22 heavy (non-hydrogen) atoms. The van der Waals surface area contributed by atoms with Crippen LogP contribution in [0.2, 0.25) is 0 Å². The molecule has 1 aliphatic heterocycles. The summed E-state index contributed by atoms with van der Waals surface area (Å²) >= 11 is 0. The van der Waals surface area contributed by atoms with Gasteiger partial charge in [0, 0.05) is 52.4 Å². The summed E-state index contributed by atoms with van der Waals surface area (Å²) < 4.78 is 5.31. The van der Waals surface area contributed by atoms with E-state index in [-0.39, 0.29) is 29.9 Å². The molecule has 0 saturated carbocycles. The van der Waals surface area contributed by atoms with Gasteiger partial charge in [0.15, 0.2) is 5.96 Å². The van der Waals surface area contributed by atoms with Crippen LogP contribution in [0.4, 0.5) is 0 Å². The van der Waals surface area contributed by atoms with Gasteiger partial charge in [0.25, 0.3) is 0 Å². The number of guanidine groups is 1. The monoisotopic (exact) mass is 426 g/mol. The highest BCUT2D eigenvalue weighted by atomic mass is 127. The van der Waals surface area contributed by atoms with Crippen molar-refractivity contribution in [2.24, 2.45) is 4.99 Å².